The Balaban J connectivity index is 1.61. The summed E-state index contributed by atoms with van der Waals surface area (Å²) in [6.45, 7) is 8.61. The Bertz CT molecular complexity index is 650. The van der Waals surface area contributed by atoms with E-state index in [4.69, 9.17) is 0 Å². The number of likely N-dealkylation sites (tertiary alicyclic amines) is 1. The molecule has 1 aromatic carbocycles. The molecule has 1 fully saturated rings. The first kappa shape index (κ1) is 15.9. The Labute approximate surface area is 138 Å². The van der Waals surface area contributed by atoms with E-state index in [2.05, 4.69) is 44.5 Å². The van der Waals surface area contributed by atoms with Gasteiger partial charge in [-0.05, 0) is 58.8 Å². The van der Waals surface area contributed by atoms with Gasteiger partial charge in [0.2, 0.25) is 0 Å². The smallest absolute Gasteiger partial charge is 0.183 e. The van der Waals surface area contributed by atoms with Crippen LogP contribution in [0.2, 0.25) is 0 Å². The number of benzene rings is 1. The van der Waals surface area contributed by atoms with E-state index < -0.39 is 0 Å². The number of nitrogens with zero attached hydrogens (tertiary/aromatic N) is 4. The van der Waals surface area contributed by atoms with Gasteiger partial charge in [-0.2, -0.15) is 0 Å². The summed E-state index contributed by atoms with van der Waals surface area (Å²) in [6.07, 6.45) is 3.83. The van der Waals surface area contributed by atoms with Crippen LogP contribution in [-0.2, 0) is 0 Å². The van der Waals surface area contributed by atoms with Crippen LogP contribution in [0.4, 0.5) is 5.82 Å². The molecule has 23 heavy (non-hydrogen) atoms. The fraction of sp³-hybridized carbons (Fsp3) is 0.500. The van der Waals surface area contributed by atoms with Gasteiger partial charge >= 0.3 is 0 Å². The monoisotopic (exact) mass is 311 g/mol. The maximum atomic E-state index is 4.65. The molecule has 0 radical (unpaired) electrons. The third kappa shape index (κ3) is 4.26. The molecule has 2 heterocycles. The molecule has 1 aliphatic rings. The van der Waals surface area contributed by atoms with Gasteiger partial charge in [-0.3, -0.25) is 0 Å². The fourth-order valence-electron chi connectivity index (χ4n) is 2.97. The van der Waals surface area contributed by atoms with Gasteiger partial charge in [0.25, 0.3) is 0 Å². The minimum atomic E-state index is 0.682. The Kier molecular flexibility index (Phi) is 5.18. The van der Waals surface area contributed by atoms with Gasteiger partial charge in [0.15, 0.2) is 11.6 Å². The van der Waals surface area contributed by atoms with E-state index in [1.54, 1.807) is 0 Å². The molecule has 0 unspecified atom stereocenters. The normalized spacial score (nSPS) is 15.0. The summed E-state index contributed by atoms with van der Waals surface area (Å²) < 4.78 is 0. The fourth-order valence-corrected chi connectivity index (χ4v) is 2.97. The van der Waals surface area contributed by atoms with Crippen molar-refractivity contribution in [2.75, 3.05) is 31.5 Å². The Morgan fingerprint density at radius 3 is 2.74 bits per heavy atom. The number of hydrogen-bond acceptors (Lipinski definition) is 5. The summed E-state index contributed by atoms with van der Waals surface area (Å²) in [4.78, 5) is 7.19. The molecule has 3 rings (SSSR count). The molecule has 5 heteroatoms. The van der Waals surface area contributed by atoms with E-state index >= 15 is 0 Å². The zero-order valence-electron chi connectivity index (χ0n) is 14.0. The molecule has 1 saturated heterocycles. The molecule has 1 aromatic heterocycles. The van der Waals surface area contributed by atoms with Crippen LogP contribution in [-0.4, -0.2) is 46.3 Å². The summed E-state index contributed by atoms with van der Waals surface area (Å²) in [7, 11) is 0. The van der Waals surface area contributed by atoms with Crippen LogP contribution >= 0.6 is 0 Å². The average Bonchev–Trinajstić information content (AvgIpc) is 3.06. The summed E-state index contributed by atoms with van der Waals surface area (Å²) in [5.74, 6) is 1.53. The average molecular weight is 311 g/mol. The SMILES string of the molecule is Cc1cccc(-c2nnc(C)c(NCCCN3CCCC3)n2)c1. The van der Waals surface area contributed by atoms with Gasteiger partial charge in [-0.15, -0.1) is 10.2 Å². The molecule has 0 aliphatic carbocycles. The largest absolute Gasteiger partial charge is 0.368 e. The van der Waals surface area contributed by atoms with Crippen molar-refractivity contribution >= 4 is 5.82 Å². The van der Waals surface area contributed by atoms with Crippen LogP contribution in [0.3, 0.4) is 0 Å². The van der Waals surface area contributed by atoms with Gasteiger partial charge in [0.1, 0.15) is 5.69 Å². The first-order chi connectivity index (χ1) is 11.2. The lowest BCUT2D eigenvalue weighted by atomic mass is 10.1. The number of aryl methyl sites for hydroxylation is 2. The number of anilines is 1. The van der Waals surface area contributed by atoms with Crippen molar-refractivity contribution in [1.82, 2.24) is 20.1 Å². The zero-order chi connectivity index (χ0) is 16.1. The van der Waals surface area contributed by atoms with Crippen molar-refractivity contribution in [2.24, 2.45) is 0 Å². The van der Waals surface area contributed by atoms with Gasteiger partial charge in [0.05, 0.1) is 0 Å². The predicted octanol–water partition coefficient (Wildman–Crippen LogP) is 3.05. The van der Waals surface area contributed by atoms with Crippen molar-refractivity contribution in [3.05, 3.63) is 35.5 Å². The number of hydrogen-bond donors (Lipinski definition) is 1. The van der Waals surface area contributed by atoms with Crippen LogP contribution in [0.1, 0.15) is 30.5 Å². The summed E-state index contributed by atoms with van der Waals surface area (Å²) in [6, 6.07) is 8.21. The highest BCUT2D eigenvalue weighted by molar-refractivity contribution is 5.57. The minimum Gasteiger partial charge on any atom is -0.368 e. The Morgan fingerprint density at radius 1 is 1.13 bits per heavy atom. The molecule has 0 bridgehead atoms. The number of aromatic nitrogens is 3. The van der Waals surface area contributed by atoms with E-state index in [-0.39, 0.29) is 0 Å². The summed E-state index contributed by atoms with van der Waals surface area (Å²) in [5, 5.41) is 11.9. The second kappa shape index (κ2) is 7.51. The van der Waals surface area contributed by atoms with Crippen LogP contribution in [0.25, 0.3) is 11.4 Å². The van der Waals surface area contributed by atoms with E-state index in [0.717, 1.165) is 36.6 Å². The second-order valence-corrected chi connectivity index (χ2v) is 6.27. The van der Waals surface area contributed by atoms with Crippen LogP contribution in [0.15, 0.2) is 24.3 Å². The highest BCUT2D eigenvalue weighted by Crippen LogP contribution is 2.18. The van der Waals surface area contributed by atoms with Crippen LogP contribution in [0, 0.1) is 13.8 Å². The van der Waals surface area contributed by atoms with Crippen LogP contribution in [0.5, 0.6) is 0 Å². The van der Waals surface area contributed by atoms with Crippen molar-refractivity contribution < 1.29 is 0 Å². The maximum Gasteiger partial charge on any atom is 0.183 e. The molecule has 122 valence electrons. The Morgan fingerprint density at radius 2 is 1.96 bits per heavy atom. The maximum absolute atomic E-state index is 4.65. The molecule has 1 N–H and O–H groups in total. The molecule has 0 atom stereocenters. The molecular formula is C18H25N5. The van der Waals surface area contributed by atoms with E-state index in [9.17, 15) is 0 Å². The van der Waals surface area contributed by atoms with Crippen molar-refractivity contribution in [1.29, 1.82) is 0 Å². The highest BCUT2D eigenvalue weighted by atomic mass is 15.2. The van der Waals surface area contributed by atoms with Gasteiger partial charge in [-0.25, -0.2) is 4.98 Å². The van der Waals surface area contributed by atoms with Gasteiger partial charge in [-0.1, -0.05) is 23.8 Å². The summed E-state index contributed by atoms with van der Waals surface area (Å²) in [5.41, 5.74) is 3.06. The number of nitrogens with one attached hydrogen (secondary N) is 1. The van der Waals surface area contributed by atoms with Gasteiger partial charge in [0, 0.05) is 12.1 Å². The second-order valence-electron chi connectivity index (χ2n) is 6.27. The molecular weight excluding hydrogens is 286 g/mol. The third-order valence-electron chi connectivity index (χ3n) is 4.27. The minimum absolute atomic E-state index is 0.682. The van der Waals surface area contributed by atoms with E-state index in [0.29, 0.717) is 5.82 Å². The van der Waals surface area contributed by atoms with Gasteiger partial charge < -0.3 is 10.2 Å². The lowest BCUT2D eigenvalue weighted by Crippen LogP contribution is -2.22. The lowest BCUT2D eigenvalue weighted by molar-refractivity contribution is 0.337. The summed E-state index contributed by atoms with van der Waals surface area (Å²) >= 11 is 0. The lowest BCUT2D eigenvalue weighted by Gasteiger charge is -2.15. The zero-order valence-corrected chi connectivity index (χ0v) is 14.0. The molecule has 2 aromatic rings. The molecule has 0 amide bonds. The van der Waals surface area contributed by atoms with Crippen molar-refractivity contribution in [3.63, 3.8) is 0 Å². The molecule has 5 nitrogen and oxygen atoms in total. The Hall–Kier alpha value is -2.01. The third-order valence-corrected chi connectivity index (χ3v) is 4.27. The molecule has 0 spiro atoms. The van der Waals surface area contributed by atoms with Crippen molar-refractivity contribution in [2.45, 2.75) is 33.1 Å². The van der Waals surface area contributed by atoms with Crippen molar-refractivity contribution in [3.8, 4) is 11.4 Å². The first-order valence-corrected chi connectivity index (χ1v) is 8.47. The van der Waals surface area contributed by atoms with E-state index in [1.807, 2.05) is 19.1 Å². The quantitative estimate of drug-likeness (QED) is 0.831. The van der Waals surface area contributed by atoms with E-state index in [1.165, 1.54) is 31.5 Å². The van der Waals surface area contributed by atoms with Crippen LogP contribution < -0.4 is 5.32 Å². The topological polar surface area (TPSA) is 53.9 Å². The molecule has 1 aliphatic heterocycles. The molecule has 0 saturated carbocycles. The highest BCUT2D eigenvalue weighted by Gasteiger charge is 2.11. The predicted molar refractivity (Wildman–Crippen MR) is 93.5 cm³/mol. The number of rotatable bonds is 6. The standard InChI is InChI=1S/C18H25N5/c1-14-7-5-8-16(13-14)18-20-17(15(2)21-22-18)19-9-6-12-23-10-3-4-11-23/h5,7-8,13H,3-4,6,9-12H2,1-2H3,(H,19,20,22). The first-order valence-electron chi connectivity index (χ1n) is 8.47.